The summed E-state index contributed by atoms with van der Waals surface area (Å²) in [5.74, 6) is -1.36. The average Bonchev–Trinajstić information content (AvgIpc) is 2.55. The lowest BCUT2D eigenvalue weighted by Crippen LogP contribution is -2.09. The molecule has 0 heterocycles. The molecule has 2 aromatic carbocycles. The lowest BCUT2D eigenvalue weighted by Gasteiger charge is -2.03. The summed E-state index contributed by atoms with van der Waals surface area (Å²) >= 11 is 0. The molecule has 5 heteroatoms. The fourth-order valence-corrected chi connectivity index (χ4v) is 1.76. The summed E-state index contributed by atoms with van der Waals surface area (Å²) < 4.78 is 18.0. The Kier molecular flexibility index (Phi) is 5.03. The molecule has 0 fully saturated rings. The van der Waals surface area contributed by atoms with Gasteiger partial charge in [0.05, 0.1) is 18.4 Å². The molecule has 1 amide bonds. The summed E-state index contributed by atoms with van der Waals surface area (Å²) in [6.45, 7) is 0. The van der Waals surface area contributed by atoms with Gasteiger partial charge in [-0.1, -0.05) is 24.3 Å². The third-order valence-corrected chi connectivity index (χ3v) is 2.89. The van der Waals surface area contributed by atoms with Crippen LogP contribution in [0.15, 0.2) is 54.6 Å². The molecule has 4 nitrogen and oxygen atoms in total. The van der Waals surface area contributed by atoms with Crippen molar-refractivity contribution in [2.75, 3.05) is 12.4 Å². The van der Waals surface area contributed by atoms with Crippen LogP contribution in [-0.4, -0.2) is 19.0 Å². The van der Waals surface area contributed by atoms with Crippen molar-refractivity contribution in [2.24, 2.45) is 0 Å². The Morgan fingerprint density at radius 3 is 2.41 bits per heavy atom. The molecule has 0 saturated carbocycles. The van der Waals surface area contributed by atoms with Gasteiger partial charge in [0.25, 0.3) is 0 Å². The van der Waals surface area contributed by atoms with E-state index < -0.39 is 17.7 Å². The first-order chi connectivity index (χ1) is 10.6. The minimum atomic E-state index is -0.494. The Morgan fingerprint density at radius 2 is 1.77 bits per heavy atom. The van der Waals surface area contributed by atoms with Crippen molar-refractivity contribution in [3.05, 3.63) is 71.6 Å². The van der Waals surface area contributed by atoms with Crippen molar-refractivity contribution in [1.82, 2.24) is 0 Å². The molecule has 1 N–H and O–H groups in total. The van der Waals surface area contributed by atoms with Crippen molar-refractivity contribution < 1.29 is 18.7 Å². The number of carbonyl (C=O) groups excluding carboxylic acids is 2. The highest BCUT2D eigenvalue weighted by atomic mass is 19.1. The Morgan fingerprint density at radius 1 is 1.09 bits per heavy atom. The van der Waals surface area contributed by atoms with Crippen molar-refractivity contribution in [2.45, 2.75) is 0 Å². The number of esters is 1. The van der Waals surface area contributed by atoms with Crippen LogP contribution in [0.4, 0.5) is 10.1 Å². The van der Waals surface area contributed by atoms with Crippen molar-refractivity contribution >= 4 is 23.6 Å². The van der Waals surface area contributed by atoms with Gasteiger partial charge in [-0.05, 0) is 35.9 Å². The van der Waals surface area contributed by atoms with Crippen LogP contribution in [0.5, 0.6) is 0 Å². The Balaban J connectivity index is 2.01. The maximum atomic E-state index is 13.4. The highest BCUT2D eigenvalue weighted by Gasteiger charge is 2.04. The van der Waals surface area contributed by atoms with Gasteiger partial charge in [0.2, 0.25) is 5.91 Å². The van der Waals surface area contributed by atoms with Gasteiger partial charge in [-0.3, -0.25) is 4.79 Å². The van der Waals surface area contributed by atoms with E-state index in [1.807, 2.05) is 0 Å². The zero-order valence-corrected chi connectivity index (χ0v) is 11.9. The van der Waals surface area contributed by atoms with E-state index in [1.54, 1.807) is 42.5 Å². The molecule has 0 atom stereocenters. The zero-order valence-electron chi connectivity index (χ0n) is 11.9. The molecule has 0 aromatic heterocycles. The number of hydrogen-bond acceptors (Lipinski definition) is 3. The summed E-state index contributed by atoms with van der Waals surface area (Å²) in [4.78, 5) is 23.0. The molecule has 112 valence electrons. The van der Waals surface area contributed by atoms with E-state index in [0.29, 0.717) is 5.56 Å². The molecular weight excluding hydrogens is 285 g/mol. The van der Waals surface area contributed by atoms with Crippen LogP contribution in [0, 0.1) is 5.82 Å². The number of anilines is 1. The number of halogens is 1. The monoisotopic (exact) mass is 299 g/mol. The number of ether oxygens (including phenoxy) is 1. The van der Waals surface area contributed by atoms with Crippen LogP contribution in [0.1, 0.15) is 15.9 Å². The molecule has 0 bridgehead atoms. The maximum Gasteiger partial charge on any atom is 0.337 e. The summed E-state index contributed by atoms with van der Waals surface area (Å²) in [6, 6.07) is 12.5. The second kappa shape index (κ2) is 7.17. The van der Waals surface area contributed by atoms with Gasteiger partial charge in [0.1, 0.15) is 5.82 Å². The summed E-state index contributed by atoms with van der Waals surface area (Å²) in [7, 11) is 1.31. The second-order valence-electron chi connectivity index (χ2n) is 4.42. The second-order valence-corrected chi connectivity index (χ2v) is 4.42. The third-order valence-electron chi connectivity index (χ3n) is 2.89. The van der Waals surface area contributed by atoms with Gasteiger partial charge in [0.15, 0.2) is 0 Å². The predicted octanol–water partition coefficient (Wildman–Crippen LogP) is 3.26. The number of amides is 1. The molecule has 0 saturated heterocycles. The van der Waals surface area contributed by atoms with Crippen LogP contribution in [-0.2, 0) is 9.53 Å². The van der Waals surface area contributed by atoms with Gasteiger partial charge >= 0.3 is 5.97 Å². The maximum absolute atomic E-state index is 13.4. The van der Waals surface area contributed by atoms with Crippen molar-refractivity contribution in [3.8, 4) is 0 Å². The highest BCUT2D eigenvalue weighted by Crippen LogP contribution is 2.12. The fourth-order valence-electron chi connectivity index (χ4n) is 1.76. The Hall–Kier alpha value is -2.95. The number of hydrogen-bond donors (Lipinski definition) is 1. The van der Waals surface area contributed by atoms with Crippen LogP contribution in [0.25, 0.3) is 6.08 Å². The van der Waals surface area contributed by atoms with E-state index in [4.69, 9.17) is 0 Å². The lowest BCUT2D eigenvalue weighted by molar-refractivity contribution is -0.111. The minimum absolute atomic E-state index is 0.123. The zero-order chi connectivity index (χ0) is 15.9. The molecule has 0 aliphatic rings. The highest BCUT2D eigenvalue weighted by molar-refractivity contribution is 6.02. The first-order valence-electron chi connectivity index (χ1n) is 6.52. The number of benzene rings is 2. The van der Waals surface area contributed by atoms with Crippen molar-refractivity contribution in [3.63, 3.8) is 0 Å². The van der Waals surface area contributed by atoms with Crippen LogP contribution >= 0.6 is 0 Å². The molecule has 0 radical (unpaired) electrons. The largest absolute Gasteiger partial charge is 0.465 e. The first-order valence-corrected chi connectivity index (χ1v) is 6.52. The van der Waals surface area contributed by atoms with E-state index in [0.717, 1.165) is 5.56 Å². The minimum Gasteiger partial charge on any atom is -0.465 e. The Bertz CT molecular complexity index is 708. The number of para-hydroxylation sites is 1. The average molecular weight is 299 g/mol. The van der Waals surface area contributed by atoms with Gasteiger partial charge in [-0.15, -0.1) is 0 Å². The number of carbonyl (C=O) groups is 2. The molecule has 0 unspecified atom stereocenters. The number of nitrogens with one attached hydrogen (secondary N) is 1. The topological polar surface area (TPSA) is 55.4 Å². The number of rotatable bonds is 4. The van der Waals surface area contributed by atoms with Gasteiger partial charge in [0, 0.05) is 6.08 Å². The molecule has 2 aromatic rings. The summed E-state index contributed by atoms with van der Waals surface area (Å²) in [5, 5.41) is 2.44. The standard InChI is InChI=1S/C17H14FNO3/c1-22-17(21)13-9-6-12(7-10-13)8-11-16(20)19-15-5-3-2-4-14(15)18/h2-11H,1H3,(H,19,20). The van der Waals surface area contributed by atoms with Gasteiger partial charge < -0.3 is 10.1 Å². The first kappa shape index (κ1) is 15.4. The van der Waals surface area contributed by atoms with Crippen LogP contribution < -0.4 is 5.32 Å². The van der Waals surface area contributed by atoms with Crippen LogP contribution in [0.2, 0.25) is 0 Å². The Labute approximate surface area is 127 Å². The SMILES string of the molecule is COC(=O)c1ccc(C=CC(=O)Nc2ccccc2F)cc1. The predicted molar refractivity (Wildman–Crippen MR) is 81.8 cm³/mol. The van der Waals surface area contributed by atoms with Gasteiger partial charge in [-0.2, -0.15) is 0 Å². The van der Waals surface area contributed by atoms with Crippen molar-refractivity contribution in [1.29, 1.82) is 0 Å². The number of methoxy groups -OCH3 is 1. The van der Waals surface area contributed by atoms with Crippen LogP contribution in [0.3, 0.4) is 0 Å². The van der Waals surface area contributed by atoms with E-state index in [1.165, 1.54) is 25.3 Å². The molecule has 2 rings (SSSR count). The quantitative estimate of drug-likeness (QED) is 0.696. The van der Waals surface area contributed by atoms with E-state index in [9.17, 15) is 14.0 Å². The smallest absolute Gasteiger partial charge is 0.337 e. The summed E-state index contributed by atoms with van der Waals surface area (Å²) in [6.07, 6.45) is 2.86. The molecule has 22 heavy (non-hydrogen) atoms. The fraction of sp³-hybridized carbons (Fsp3) is 0.0588. The van der Waals surface area contributed by atoms with Gasteiger partial charge in [-0.25, -0.2) is 9.18 Å². The summed E-state index contributed by atoms with van der Waals surface area (Å²) in [5.41, 5.74) is 1.28. The molecule has 0 aliphatic heterocycles. The van der Waals surface area contributed by atoms with E-state index in [2.05, 4.69) is 10.1 Å². The molecular formula is C17H14FNO3. The normalized spacial score (nSPS) is 10.5. The third kappa shape index (κ3) is 4.02. The lowest BCUT2D eigenvalue weighted by atomic mass is 10.1. The molecule has 0 aliphatic carbocycles. The molecule has 0 spiro atoms. The van der Waals surface area contributed by atoms with E-state index in [-0.39, 0.29) is 5.69 Å². The van der Waals surface area contributed by atoms with E-state index >= 15 is 0 Å².